The van der Waals surface area contributed by atoms with Crippen molar-refractivity contribution in [2.24, 2.45) is 0 Å². The topological polar surface area (TPSA) is 45.7 Å². The Balaban J connectivity index is 1.63. The number of aromatic nitrogens is 1. The summed E-state index contributed by atoms with van der Waals surface area (Å²) >= 11 is 0. The molecule has 1 saturated carbocycles. The van der Waals surface area contributed by atoms with Gasteiger partial charge in [0.1, 0.15) is 5.75 Å². The molecule has 0 spiro atoms. The molecule has 0 aromatic carbocycles. The van der Waals surface area contributed by atoms with Gasteiger partial charge in [0.05, 0.1) is 12.8 Å². The summed E-state index contributed by atoms with van der Waals surface area (Å²) in [5.74, 6) is 1.07. The minimum atomic E-state index is 0.217. The van der Waals surface area contributed by atoms with Crippen LogP contribution in [0.1, 0.15) is 38.3 Å². The van der Waals surface area contributed by atoms with Gasteiger partial charge in [0.2, 0.25) is 5.91 Å². The van der Waals surface area contributed by atoms with Crippen molar-refractivity contribution in [2.45, 2.75) is 51.2 Å². The van der Waals surface area contributed by atoms with Crippen molar-refractivity contribution in [3.05, 3.63) is 24.0 Å². The monoisotopic (exact) mass is 303 g/mol. The molecule has 1 aliphatic carbocycles. The number of ether oxygens (including phenoxy) is 1. The van der Waals surface area contributed by atoms with E-state index in [9.17, 15) is 4.79 Å². The Morgan fingerprint density at radius 1 is 1.45 bits per heavy atom. The average molecular weight is 303 g/mol. The van der Waals surface area contributed by atoms with Crippen LogP contribution in [0.15, 0.2) is 18.3 Å². The maximum absolute atomic E-state index is 11.8. The molecule has 5 heteroatoms. The largest absolute Gasteiger partial charge is 0.497 e. The fourth-order valence-electron chi connectivity index (χ4n) is 3.34. The number of nitrogens with zero attached hydrogens (tertiary/aromatic N) is 3. The number of amides is 1. The smallest absolute Gasteiger partial charge is 0.219 e. The number of carbonyl (C=O) groups is 1. The first-order valence-electron chi connectivity index (χ1n) is 8.17. The molecule has 22 heavy (non-hydrogen) atoms. The molecule has 120 valence electrons. The summed E-state index contributed by atoms with van der Waals surface area (Å²) in [5, 5.41) is 0. The Hall–Kier alpha value is -1.62. The van der Waals surface area contributed by atoms with Crippen LogP contribution in [0.5, 0.6) is 5.75 Å². The Kier molecular flexibility index (Phi) is 4.62. The summed E-state index contributed by atoms with van der Waals surface area (Å²) in [7, 11) is 1.68. The molecule has 1 aromatic rings. The lowest BCUT2D eigenvalue weighted by atomic mass is 10.2. The summed E-state index contributed by atoms with van der Waals surface area (Å²) in [5.41, 5.74) is 1.03. The zero-order chi connectivity index (χ0) is 15.5. The first-order chi connectivity index (χ1) is 10.7. The number of methoxy groups -OCH3 is 1. The Bertz CT molecular complexity index is 530. The van der Waals surface area contributed by atoms with Gasteiger partial charge in [-0.1, -0.05) is 0 Å². The van der Waals surface area contributed by atoms with Crippen molar-refractivity contribution in [1.29, 1.82) is 0 Å². The average Bonchev–Trinajstić information content (AvgIpc) is 3.26. The SMILES string of the molecule is COc1ccnc(CN2CCCC2CN(C(C)=O)C2CC2)c1. The molecule has 1 unspecified atom stereocenters. The zero-order valence-electron chi connectivity index (χ0n) is 13.5. The van der Waals surface area contributed by atoms with Crippen molar-refractivity contribution in [3.8, 4) is 5.75 Å². The highest BCUT2D eigenvalue weighted by Gasteiger charge is 2.35. The molecule has 2 fully saturated rings. The van der Waals surface area contributed by atoms with E-state index < -0.39 is 0 Å². The fraction of sp³-hybridized carbons (Fsp3) is 0.647. The van der Waals surface area contributed by atoms with Crippen molar-refractivity contribution < 1.29 is 9.53 Å². The van der Waals surface area contributed by atoms with Crippen LogP contribution in [0.2, 0.25) is 0 Å². The second-order valence-electron chi connectivity index (χ2n) is 6.36. The van der Waals surface area contributed by atoms with Crippen molar-refractivity contribution in [2.75, 3.05) is 20.2 Å². The number of carbonyl (C=O) groups excluding carboxylic acids is 1. The molecule has 2 heterocycles. The van der Waals surface area contributed by atoms with Crippen LogP contribution in [0.4, 0.5) is 0 Å². The predicted octanol–water partition coefficient (Wildman–Crippen LogP) is 2.07. The first-order valence-corrected chi connectivity index (χ1v) is 8.17. The molecular formula is C17H25N3O2. The second kappa shape index (κ2) is 6.65. The third-order valence-corrected chi connectivity index (χ3v) is 4.69. The van der Waals surface area contributed by atoms with Gasteiger partial charge in [0, 0.05) is 44.4 Å². The van der Waals surface area contributed by atoms with Gasteiger partial charge in [-0.05, 0) is 38.3 Å². The zero-order valence-corrected chi connectivity index (χ0v) is 13.5. The molecule has 5 nitrogen and oxygen atoms in total. The molecule has 0 N–H and O–H groups in total. The number of likely N-dealkylation sites (tertiary alicyclic amines) is 1. The molecule has 2 aliphatic rings. The maximum atomic E-state index is 11.8. The predicted molar refractivity (Wildman–Crippen MR) is 84.6 cm³/mol. The summed E-state index contributed by atoms with van der Waals surface area (Å²) in [6.45, 7) is 4.48. The number of pyridine rings is 1. The van der Waals surface area contributed by atoms with Crippen molar-refractivity contribution in [3.63, 3.8) is 0 Å². The Morgan fingerprint density at radius 2 is 2.27 bits per heavy atom. The molecule has 1 aliphatic heterocycles. The van der Waals surface area contributed by atoms with E-state index in [0.29, 0.717) is 12.1 Å². The van der Waals surface area contributed by atoms with E-state index in [1.54, 1.807) is 20.2 Å². The van der Waals surface area contributed by atoms with Crippen molar-refractivity contribution in [1.82, 2.24) is 14.8 Å². The Labute approximate surface area is 132 Å². The van der Waals surface area contributed by atoms with Gasteiger partial charge in [-0.2, -0.15) is 0 Å². The van der Waals surface area contributed by atoms with Crippen LogP contribution >= 0.6 is 0 Å². The van der Waals surface area contributed by atoms with Crippen molar-refractivity contribution >= 4 is 5.91 Å². The van der Waals surface area contributed by atoms with Crippen LogP contribution in [-0.4, -0.2) is 53.0 Å². The van der Waals surface area contributed by atoms with Gasteiger partial charge in [-0.15, -0.1) is 0 Å². The van der Waals surface area contributed by atoms with Gasteiger partial charge in [-0.25, -0.2) is 0 Å². The van der Waals surface area contributed by atoms with Crippen LogP contribution in [0.3, 0.4) is 0 Å². The Morgan fingerprint density at radius 3 is 2.95 bits per heavy atom. The molecule has 1 aromatic heterocycles. The third-order valence-electron chi connectivity index (χ3n) is 4.69. The highest BCUT2D eigenvalue weighted by atomic mass is 16.5. The van der Waals surface area contributed by atoms with E-state index in [-0.39, 0.29) is 5.91 Å². The normalized spacial score (nSPS) is 21.8. The summed E-state index contributed by atoms with van der Waals surface area (Å²) in [6, 6.07) is 4.82. The lowest BCUT2D eigenvalue weighted by Crippen LogP contribution is -2.43. The van der Waals surface area contributed by atoms with Gasteiger partial charge >= 0.3 is 0 Å². The van der Waals surface area contributed by atoms with Crippen LogP contribution in [-0.2, 0) is 11.3 Å². The van der Waals surface area contributed by atoms with E-state index in [4.69, 9.17) is 4.74 Å². The summed E-state index contributed by atoms with van der Waals surface area (Å²) in [4.78, 5) is 20.8. The minimum Gasteiger partial charge on any atom is -0.497 e. The summed E-state index contributed by atoms with van der Waals surface area (Å²) in [6.07, 6.45) is 6.50. The highest BCUT2D eigenvalue weighted by Crippen LogP contribution is 2.29. The number of hydrogen-bond acceptors (Lipinski definition) is 4. The van der Waals surface area contributed by atoms with Crippen LogP contribution in [0.25, 0.3) is 0 Å². The van der Waals surface area contributed by atoms with Gasteiger partial charge in [0.25, 0.3) is 0 Å². The number of hydrogen-bond donors (Lipinski definition) is 0. The molecule has 0 radical (unpaired) electrons. The van der Waals surface area contributed by atoms with Gasteiger partial charge in [-0.3, -0.25) is 14.7 Å². The standard InChI is InChI=1S/C17H25N3O2/c1-13(21)20(15-5-6-15)12-16-4-3-9-19(16)11-14-10-17(22-2)7-8-18-14/h7-8,10,15-16H,3-6,9,11-12H2,1-2H3. The lowest BCUT2D eigenvalue weighted by molar-refractivity contribution is -0.130. The van der Waals surface area contributed by atoms with Gasteiger partial charge < -0.3 is 9.64 Å². The second-order valence-corrected chi connectivity index (χ2v) is 6.36. The van der Waals surface area contributed by atoms with E-state index in [1.807, 2.05) is 12.1 Å². The first kappa shape index (κ1) is 15.3. The lowest BCUT2D eigenvalue weighted by Gasteiger charge is -2.30. The van der Waals surface area contributed by atoms with Gasteiger partial charge in [0.15, 0.2) is 0 Å². The molecule has 1 saturated heterocycles. The highest BCUT2D eigenvalue weighted by molar-refractivity contribution is 5.74. The minimum absolute atomic E-state index is 0.217. The van der Waals surface area contributed by atoms with E-state index in [2.05, 4.69) is 14.8 Å². The molecular weight excluding hydrogens is 278 g/mol. The molecule has 0 bridgehead atoms. The van der Waals surface area contributed by atoms with E-state index in [0.717, 1.165) is 31.1 Å². The van der Waals surface area contributed by atoms with E-state index >= 15 is 0 Å². The molecule has 1 atom stereocenters. The fourth-order valence-corrected chi connectivity index (χ4v) is 3.34. The molecule has 1 amide bonds. The van der Waals surface area contributed by atoms with E-state index in [1.165, 1.54) is 25.7 Å². The van der Waals surface area contributed by atoms with Crippen LogP contribution < -0.4 is 4.74 Å². The quantitative estimate of drug-likeness (QED) is 0.807. The summed E-state index contributed by atoms with van der Waals surface area (Å²) < 4.78 is 5.27. The maximum Gasteiger partial charge on any atom is 0.219 e. The molecule has 3 rings (SSSR count). The number of rotatable bonds is 6. The van der Waals surface area contributed by atoms with Crippen LogP contribution in [0, 0.1) is 0 Å². The third kappa shape index (κ3) is 3.58.